The molecule has 0 amide bonds. The van der Waals surface area contributed by atoms with Crippen molar-refractivity contribution in [1.29, 1.82) is 0 Å². The van der Waals surface area contributed by atoms with Crippen LogP contribution in [0.2, 0.25) is 0 Å². The summed E-state index contributed by atoms with van der Waals surface area (Å²) >= 11 is 0. The van der Waals surface area contributed by atoms with Gasteiger partial charge in [-0.15, -0.1) is 0 Å². The summed E-state index contributed by atoms with van der Waals surface area (Å²) in [6.07, 6.45) is 0. The predicted octanol–water partition coefficient (Wildman–Crippen LogP) is 4.80. The molecule has 0 aliphatic carbocycles. The Morgan fingerprint density at radius 2 is 1.52 bits per heavy atom. The van der Waals surface area contributed by atoms with Crippen LogP contribution in [0.4, 0.5) is 23.1 Å². The van der Waals surface area contributed by atoms with E-state index in [-0.39, 0.29) is 0 Å². The van der Waals surface area contributed by atoms with Crippen molar-refractivity contribution in [2.45, 2.75) is 13.8 Å². The van der Waals surface area contributed by atoms with Gasteiger partial charge in [-0.25, -0.2) is 4.98 Å². The maximum absolute atomic E-state index is 4.79. The third-order valence-electron chi connectivity index (χ3n) is 4.49. The van der Waals surface area contributed by atoms with Crippen LogP contribution in [0.1, 0.15) is 13.8 Å². The molecule has 1 aromatic heterocycles. The van der Waals surface area contributed by atoms with Crippen molar-refractivity contribution >= 4 is 23.1 Å². The molecule has 0 aliphatic heterocycles. The first kappa shape index (κ1) is 18.7. The Hall–Kier alpha value is -3.08. The van der Waals surface area contributed by atoms with Gasteiger partial charge in [0, 0.05) is 50.2 Å². The molecule has 1 heterocycles. The molecule has 5 nitrogen and oxygen atoms in total. The molecule has 0 unspecified atom stereocenters. The van der Waals surface area contributed by atoms with Crippen LogP contribution in [0.3, 0.4) is 0 Å². The Morgan fingerprint density at radius 3 is 2.11 bits per heavy atom. The van der Waals surface area contributed by atoms with Crippen molar-refractivity contribution in [3.05, 3.63) is 60.7 Å². The monoisotopic (exact) mass is 361 g/mol. The summed E-state index contributed by atoms with van der Waals surface area (Å²) in [5.74, 6) is 1.54. The van der Waals surface area contributed by atoms with Crippen molar-refractivity contribution in [1.82, 2.24) is 9.97 Å². The molecule has 140 valence electrons. The first-order valence-electron chi connectivity index (χ1n) is 9.34. The highest BCUT2D eigenvalue weighted by molar-refractivity contribution is 5.68. The predicted molar refractivity (Wildman–Crippen MR) is 115 cm³/mol. The molecule has 0 atom stereocenters. The normalized spacial score (nSPS) is 10.5. The van der Waals surface area contributed by atoms with E-state index in [1.807, 2.05) is 38.4 Å². The Labute approximate surface area is 161 Å². The minimum absolute atomic E-state index is 0.744. The van der Waals surface area contributed by atoms with Crippen LogP contribution in [0.15, 0.2) is 60.7 Å². The Kier molecular flexibility index (Phi) is 5.91. The van der Waals surface area contributed by atoms with Gasteiger partial charge >= 0.3 is 0 Å². The molecule has 0 fully saturated rings. The van der Waals surface area contributed by atoms with Gasteiger partial charge in [-0.05, 0) is 38.1 Å². The number of benzene rings is 2. The lowest BCUT2D eigenvalue weighted by molar-refractivity contribution is 0.823. The van der Waals surface area contributed by atoms with E-state index in [9.17, 15) is 0 Å². The molecular weight excluding hydrogens is 334 g/mol. The van der Waals surface area contributed by atoms with E-state index in [1.54, 1.807) is 0 Å². The standard InChI is InChI=1S/C22H27N5/c1-5-27(6-2)22-24-20(17-10-8-7-9-11-17)16-21(25-22)23-18-12-14-19(15-13-18)26(3)4/h7-16H,5-6H2,1-4H3,(H,23,24,25). The minimum atomic E-state index is 0.744. The number of hydrogen-bond donors (Lipinski definition) is 1. The number of hydrogen-bond acceptors (Lipinski definition) is 5. The summed E-state index contributed by atoms with van der Waals surface area (Å²) in [5.41, 5.74) is 4.17. The number of nitrogens with zero attached hydrogens (tertiary/aromatic N) is 4. The summed E-state index contributed by atoms with van der Waals surface area (Å²) in [6, 6.07) is 20.5. The molecule has 0 radical (unpaired) electrons. The van der Waals surface area contributed by atoms with Crippen molar-refractivity contribution in [3.8, 4) is 11.3 Å². The number of anilines is 4. The molecule has 0 aliphatic rings. The molecule has 0 saturated carbocycles. The molecule has 5 heteroatoms. The van der Waals surface area contributed by atoms with Gasteiger partial charge in [-0.2, -0.15) is 4.98 Å². The van der Waals surface area contributed by atoms with Gasteiger partial charge in [0.15, 0.2) is 0 Å². The van der Waals surface area contributed by atoms with Crippen LogP contribution in [-0.2, 0) is 0 Å². The third kappa shape index (κ3) is 4.56. The number of rotatable bonds is 7. The summed E-state index contributed by atoms with van der Waals surface area (Å²) in [6.45, 7) is 5.97. The van der Waals surface area contributed by atoms with Crippen molar-refractivity contribution in [3.63, 3.8) is 0 Å². The summed E-state index contributed by atoms with van der Waals surface area (Å²) in [5, 5.41) is 3.43. The SMILES string of the molecule is CCN(CC)c1nc(Nc2ccc(N(C)C)cc2)cc(-c2ccccc2)n1. The molecule has 0 spiro atoms. The van der Waals surface area contributed by atoms with Crippen LogP contribution in [-0.4, -0.2) is 37.2 Å². The van der Waals surface area contributed by atoms with Gasteiger partial charge in [-0.3, -0.25) is 0 Å². The highest BCUT2D eigenvalue weighted by Crippen LogP contribution is 2.25. The summed E-state index contributed by atoms with van der Waals surface area (Å²) in [7, 11) is 4.07. The molecular formula is C22H27N5. The topological polar surface area (TPSA) is 44.3 Å². The molecule has 0 bridgehead atoms. The van der Waals surface area contributed by atoms with E-state index < -0.39 is 0 Å². The first-order valence-corrected chi connectivity index (χ1v) is 9.34. The van der Waals surface area contributed by atoms with Gasteiger partial charge < -0.3 is 15.1 Å². The molecule has 3 aromatic rings. The summed E-state index contributed by atoms with van der Waals surface area (Å²) in [4.78, 5) is 13.8. The van der Waals surface area contributed by atoms with Gasteiger partial charge in [0.05, 0.1) is 5.69 Å². The molecule has 27 heavy (non-hydrogen) atoms. The highest BCUT2D eigenvalue weighted by Gasteiger charge is 2.11. The zero-order chi connectivity index (χ0) is 19.2. The van der Waals surface area contributed by atoms with E-state index >= 15 is 0 Å². The smallest absolute Gasteiger partial charge is 0.227 e. The van der Waals surface area contributed by atoms with E-state index in [0.717, 1.165) is 47.5 Å². The lowest BCUT2D eigenvalue weighted by Crippen LogP contribution is -2.24. The maximum atomic E-state index is 4.79. The van der Waals surface area contributed by atoms with Crippen LogP contribution in [0.5, 0.6) is 0 Å². The van der Waals surface area contributed by atoms with Crippen molar-refractivity contribution < 1.29 is 0 Å². The fraction of sp³-hybridized carbons (Fsp3) is 0.273. The van der Waals surface area contributed by atoms with Crippen molar-refractivity contribution in [2.24, 2.45) is 0 Å². The quantitative estimate of drug-likeness (QED) is 0.655. The van der Waals surface area contributed by atoms with E-state index in [2.05, 4.69) is 65.4 Å². The zero-order valence-electron chi connectivity index (χ0n) is 16.5. The Bertz CT molecular complexity index is 856. The second kappa shape index (κ2) is 8.54. The van der Waals surface area contributed by atoms with Gasteiger partial charge in [0.25, 0.3) is 0 Å². The molecule has 1 N–H and O–H groups in total. The lowest BCUT2D eigenvalue weighted by Gasteiger charge is -2.20. The number of nitrogens with one attached hydrogen (secondary N) is 1. The van der Waals surface area contributed by atoms with Crippen molar-refractivity contribution in [2.75, 3.05) is 42.3 Å². The average Bonchev–Trinajstić information content (AvgIpc) is 2.70. The Balaban J connectivity index is 1.96. The van der Waals surface area contributed by atoms with E-state index in [1.165, 1.54) is 0 Å². The highest BCUT2D eigenvalue weighted by atomic mass is 15.3. The summed E-state index contributed by atoms with van der Waals surface area (Å²) < 4.78 is 0. The van der Waals surface area contributed by atoms with Crippen LogP contribution < -0.4 is 15.1 Å². The van der Waals surface area contributed by atoms with Gasteiger partial charge in [-0.1, -0.05) is 30.3 Å². The minimum Gasteiger partial charge on any atom is -0.378 e. The maximum Gasteiger partial charge on any atom is 0.227 e. The van der Waals surface area contributed by atoms with Gasteiger partial charge in [0.2, 0.25) is 5.95 Å². The van der Waals surface area contributed by atoms with Crippen LogP contribution in [0.25, 0.3) is 11.3 Å². The zero-order valence-corrected chi connectivity index (χ0v) is 16.5. The Morgan fingerprint density at radius 1 is 0.852 bits per heavy atom. The number of aromatic nitrogens is 2. The van der Waals surface area contributed by atoms with Crippen LogP contribution in [0, 0.1) is 0 Å². The van der Waals surface area contributed by atoms with Crippen LogP contribution >= 0.6 is 0 Å². The lowest BCUT2D eigenvalue weighted by atomic mass is 10.1. The largest absolute Gasteiger partial charge is 0.378 e. The fourth-order valence-electron chi connectivity index (χ4n) is 2.89. The average molecular weight is 361 g/mol. The molecule has 0 saturated heterocycles. The third-order valence-corrected chi connectivity index (χ3v) is 4.49. The first-order chi connectivity index (χ1) is 13.1. The van der Waals surface area contributed by atoms with Gasteiger partial charge in [0.1, 0.15) is 5.82 Å². The second-order valence-electron chi connectivity index (χ2n) is 6.54. The van der Waals surface area contributed by atoms with E-state index in [0.29, 0.717) is 0 Å². The molecule has 2 aromatic carbocycles. The fourth-order valence-corrected chi connectivity index (χ4v) is 2.89. The second-order valence-corrected chi connectivity index (χ2v) is 6.54. The molecule has 3 rings (SSSR count). The van der Waals surface area contributed by atoms with E-state index in [4.69, 9.17) is 9.97 Å².